The second-order valence-corrected chi connectivity index (χ2v) is 8.63. The molecule has 0 amide bonds. The van der Waals surface area contributed by atoms with E-state index in [0.29, 0.717) is 0 Å². The third kappa shape index (κ3) is 4.43. The highest BCUT2D eigenvalue weighted by atomic mass is 32.2. The molecule has 0 atom stereocenters. The first-order valence-corrected chi connectivity index (χ1v) is 9.59. The maximum absolute atomic E-state index is 13.5. The van der Waals surface area contributed by atoms with E-state index in [1.807, 2.05) is 0 Å². The van der Waals surface area contributed by atoms with Gasteiger partial charge in [0.1, 0.15) is 0 Å². The minimum atomic E-state index is -9.77. The Morgan fingerprint density at radius 2 is 0.439 bits per heavy atom. The van der Waals surface area contributed by atoms with Gasteiger partial charge in [-0.15, -0.1) is 0 Å². The summed E-state index contributed by atoms with van der Waals surface area (Å²) in [5.74, 6) is -94.2. The second kappa shape index (κ2) is 9.08. The summed E-state index contributed by atoms with van der Waals surface area (Å²) in [4.78, 5) is 0. The Morgan fingerprint density at radius 1 is 0.293 bits per heavy atom. The maximum Gasteiger partial charge on any atom is 0.460 e. The fraction of sp³-hybridized carbons (Fsp3) is 1.00. The van der Waals surface area contributed by atoms with Crippen LogP contribution < -0.4 is 0 Å². The van der Waals surface area contributed by atoms with Crippen LogP contribution in [-0.2, 0) is 10.1 Å². The Labute approximate surface area is 205 Å². The van der Waals surface area contributed by atoms with Gasteiger partial charge in [-0.1, -0.05) is 0 Å². The van der Waals surface area contributed by atoms with Gasteiger partial charge in [-0.2, -0.15) is 110 Å². The molecule has 0 spiro atoms. The van der Waals surface area contributed by atoms with E-state index < -0.39 is 80.8 Å². The summed E-state index contributed by atoms with van der Waals surface area (Å²) in [5, 5.41) is -8.33. The molecule has 0 aromatic heterocycles. The summed E-state index contributed by atoms with van der Waals surface area (Å²) in [7, 11) is -8.49. The minimum absolute atomic E-state index is 8.23. The maximum atomic E-state index is 13.5. The molecule has 248 valence electrons. The predicted octanol–water partition coefficient (Wildman–Crippen LogP) is 7.04. The van der Waals surface area contributed by atoms with Crippen LogP contribution in [0, 0.1) is 0 Å². The first-order chi connectivity index (χ1) is 17.0. The molecule has 0 aliphatic heterocycles. The SMILES string of the molecule is O=S(=O)([O-])C(F)(F)C(F)(F)C(F)(F)C(F)(F)C(F)(F)C(F)(F)C(F)(F)C(F)(F)C(F)(F)C(F)(F)C(F)(F)C(F)(F)F. The Morgan fingerprint density at radius 3 is 0.585 bits per heavy atom. The number of halogens is 25. The molecule has 3 nitrogen and oxygen atoms in total. The van der Waals surface area contributed by atoms with Crippen molar-refractivity contribution in [2.24, 2.45) is 0 Å². The zero-order chi connectivity index (χ0) is 34.5. The number of alkyl halides is 25. The largest absolute Gasteiger partial charge is 0.743 e. The lowest BCUT2D eigenvalue weighted by Crippen LogP contribution is -2.78. The number of rotatable bonds is 11. The molecule has 0 saturated heterocycles. The highest BCUT2D eigenvalue weighted by Gasteiger charge is 2.99. The molecule has 41 heavy (non-hydrogen) atoms. The highest BCUT2D eigenvalue weighted by molar-refractivity contribution is 7.86. The van der Waals surface area contributed by atoms with Crippen LogP contribution >= 0.6 is 0 Å². The lowest BCUT2D eigenvalue weighted by molar-refractivity contribution is -0.480. The summed E-state index contributed by atoms with van der Waals surface area (Å²) in [6.45, 7) is 0. The van der Waals surface area contributed by atoms with Gasteiger partial charge in [0.15, 0.2) is 10.1 Å². The van der Waals surface area contributed by atoms with Crippen molar-refractivity contribution in [3.05, 3.63) is 0 Å². The van der Waals surface area contributed by atoms with Crippen LogP contribution in [0.3, 0.4) is 0 Å². The van der Waals surface area contributed by atoms with Gasteiger partial charge in [0, 0.05) is 0 Å². The summed E-state index contributed by atoms with van der Waals surface area (Å²) in [5.41, 5.74) is 0. The quantitative estimate of drug-likeness (QED) is 0.172. The first kappa shape index (κ1) is 39.2. The minimum Gasteiger partial charge on any atom is -0.743 e. The van der Waals surface area contributed by atoms with E-state index in [1.165, 1.54) is 0 Å². The molecule has 0 unspecified atom stereocenters. The third-order valence-electron chi connectivity index (χ3n) is 4.58. The van der Waals surface area contributed by atoms with Gasteiger partial charge >= 0.3 is 70.7 Å². The van der Waals surface area contributed by atoms with Crippen LogP contribution in [0.25, 0.3) is 0 Å². The lowest BCUT2D eigenvalue weighted by Gasteiger charge is -2.45. The van der Waals surface area contributed by atoms with Crippen LogP contribution in [0.2, 0.25) is 0 Å². The molecule has 0 radical (unpaired) electrons. The topological polar surface area (TPSA) is 57.2 Å². The van der Waals surface area contributed by atoms with E-state index in [2.05, 4.69) is 0 Å². The number of hydrogen-bond acceptors (Lipinski definition) is 3. The molecular formula is C12F25O3S-. The molecule has 0 aromatic carbocycles. The smallest absolute Gasteiger partial charge is 0.460 e. The fourth-order valence-electron chi connectivity index (χ4n) is 2.10. The van der Waals surface area contributed by atoms with Crippen molar-refractivity contribution >= 4 is 10.1 Å². The first-order valence-electron chi connectivity index (χ1n) is 8.18. The van der Waals surface area contributed by atoms with Gasteiger partial charge in [-0.25, -0.2) is 8.42 Å². The van der Waals surface area contributed by atoms with Crippen LogP contribution in [-0.4, -0.2) is 83.6 Å². The van der Waals surface area contributed by atoms with E-state index >= 15 is 0 Å². The van der Waals surface area contributed by atoms with Crippen molar-refractivity contribution in [2.75, 3.05) is 0 Å². The molecule has 0 aliphatic rings. The van der Waals surface area contributed by atoms with Crippen LogP contribution in [0.15, 0.2) is 0 Å². The van der Waals surface area contributed by atoms with Crippen molar-refractivity contribution in [3.63, 3.8) is 0 Å². The van der Waals surface area contributed by atoms with E-state index in [4.69, 9.17) is 0 Å². The predicted molar refractivity (Wildman–Crippen MR) is 70.2 cm³/mol. The Bertz CT molecular complexity index is 1100. The van der Waals surface area contributed by atoms with Crippen molar-refractivity contribution in [2.45, 2.75) is 70.7 Å². The van der Waals surface area contributed by atoms with E-state index in [0.717, 1.165) is 0 Å². The van der Waals surface area contributed by atoms with Crippen molar-refractivity contribution in [1.82, 2.24) is 0 Å². The van der Waals surface area contributed by atoms with Crippen LogP contribution in [0.1, 0.15) is 0 Å². The summed E-state index contributed by atoms with van der Waals surface area (Å²) >= 11 is 0. The Kier molecular flexibility index (Phi) is 8.68. The molecule has 0 rings (SSSR count). The van der Waals surface area contributed by atoms with E-state index in [-0.39, 0.29) is 0 Å². The molecule has 0 aliphatic carbocycles. The molecular weight excluding hydrogens is 699 g/mol. The lowest BCUT2D eigenvalue weighted by atomic mass is 9.85. The van der Waals surface area contributed by atoms with Gasteiger partial charge in [0.05, 0.1) is 0 Å². The normalized spacial score (nSPS) is 17.2. The molecule has 0 bridgehead atoms. The monoisotopic (exact) mass is 699 g/mol. The van der Waals surface area contributed by atoms with Crippen molar-refractivity contribution < 1.29 is 123 Å². The van der Waals surface area contributed by atoms with E-state index in [1.54, 1.807) is 0 Å². The van der Waals surface area contributed by atoms with Gasteiger partial charge in [-0.05, 0) is 0 Å². The van der Waals surface area contributed by atoms with E-state index in [9.17, 15) is 123 Å². The van der Waals surface area contributed by atoms with Gasteiger partial charge < -0.3 is 4.55 Å². The number of hydrogen-bond donors (Lipinski definition) is 0. The van der Waals surface area contributed by atoms with Gasteiger partial charge in [0.25, 0.3) is 0 Å². The van der Waals surface area contributed by atoms with Crippen LogP contribution in [0.4, 0.5) is 110 Å². The standard InChI is InChI=1S/C12HF25O3S/c13-1(14,3(17,18)5(21,22)7(25,26)9(29,30)11(33,34)35)2(15,16)4(19,20)6(23,24)8(27,28)10(31,32)12(36,37)41(38,39)40/h(H,38,39,40)/p-1. The molecule has 0 N–H and O–H groups in total. The summed E-state index contributed by atoms with van der Waals surface area (Å²) in [6, 6.07) is 0. The van der Waals surface area contributed by atoms with Crippen molar-refractivity contribution in [1.29, 1.82) is 0 Å². The zero-order valence-corrected chi connectivity index (χ0v) is 17.9. The molecule has 0 fully saturated rings. The van der Waals surface area contributed by atoms with Gasteiger partial charge in [0.2, 0.25) is 0 Å². The Hall–Kier alpha value is -1.84. The molecule has 0 saturated carbocycles. The average Bonchev–Trinajstić information content (AvgIpc) is 2.70. The van der Waals surface area contributed by atoms with Crippen molar-refractivity contribution in [3.8, 4) is 0 Å². The summed E-state index contributed by atoms with van der Waals surface area (Å²) in [6.07, 6.45) is -8.23. The van der Waals surface area contributed by atoms with Gasteiger partial charge in [-0.3, -0.25) is 0 Å². The molecule has 0 heterocycles. The zero-order valence-electron chi connectivity index (χ0n) is 17.1. The summed E-state index contributed by atoms with van der Waals surface area (Å²) < 4.78 is 356. The highest BCUT2D eigenvalue weighted by Crippen LogP contribution is 2.67. The second-order valence-electron chi connectivity index (χ2n) is 7.21. The third-order valence-corrected chi connectivity index (χ3v) is 5.47. The van der Waals surface area contributed by atoms with Crippen LogP contribution in [0.5, 0.6) is 0 Å². The molecule has 29 heteroatoms. The fourth-order valence-corrected chi connectivity index (χ4v) is 2.54. The Balaban J connectivity index is 7.45. The molecule has 0 aromatic rings. The average molecular weight is 699 g/mol.